The Labute approximate surface area is 184 Å². The van der Waals surface area contributed by atoms with Crippen LogP contribution >= 0.6 is 0 Å². The molecule has 0 aliphatic carbocycles. The van der Waals surface area contributed by atoms with E-state index in [-0.39, 0.29) is 39.9 Å². The standard InChI is InChI=1S/C23H22N2O7/c1-28-17-13-16(23(27)31-4)18(20(30-3)19(17)29-2)25-21(26)15-11-8-12-24-22(15)32-14-9-6-5-7-10-14/h5-13H,1-4H3,(H,25,26). The van der Waals surface area contributed by atoms with E-state index in [9.17, 15) is 9.59 Å². The van der Waals surface area contributed by atoms with Gasteiger partial charge in [0, 0.05) is 12.3 Å². The van der Waals surface area contributed by atoms with Crippen LogP contribution in [-0.2, 0) is 4.74 Å². The molecule has 166 valence electrons. The summed E-state index contributed by atoms with van der Waals surface area (Å²) in [6.45, 7) is 0. The lowest BCUT2D eigenvalue weighted by molar-refractivity contribution is 0.0601. The molecule has 0 aliphatic heterocycles. The third-order valence-electron chi connectivity index (χ3n) is 4.45. The number of rotatable bonds is 8. The zero-order valence-corrected chi connectivity index (χ0v) is 18.0. The molecule has 3 aromatic rings. The number of nitrogens with one attached hydrogen (secondary N) is 1. The number of ether oxygens (including phenoxy) is 5. The van der Waals surface area contributed by atoms with Crippen molar-refractivity contribution in [1.82, 2.24) is 4.98 Å². The van der Waals surface area contributed by atoms with E-state index in [0.717, 1.165) is 0 Å². The molecular formula is C23H22N2O7. The lowest BCUT2D eigenvalue weighted by Gasteiger charge is -2.19. The van der Waals surface area contributed by atoms with Crippen LogP contribution in [0, 0.1) is 0 Å². The Bertz CT molecular complexity index is 1120. The molecular weight excluding hydrogens is 416 g/mol. The number of para-hydroxylation sites is 1. The molecule has 1 heterocycles. The summed E-state index contributed by atoms with van der Waals surface area (Å²) in [4.78, 5) is 29.8. The Morgan fingerprint density at radius 3 is 2.19 bits per heavy atom. The molecule has 1 aromatic heterocycles. The lowest BCUT2D eigenvalue weighted by Crippen LogP contribution is -2.18. The predicted molar refractivity (Wildman–Crippen MR) is 116 cm³/mol. The van der Waals surface area contributed by atoms with Crippen molar-refractivity contribution >= 4 is 17.6 Å². The van der Waals surface area contributed by atoms with Gasteiger partial charge >= 0.3 is 5.97 Å². The molecule has 0 radical (unpaired) electrons. The van der Waals surface area contributed by atoms with E-state index in [1.54, 1.807) is 36.4 Å². The van der Waals surface area contributed by atoms with E-state index in [0.29, 0.717) is 5.75 Å². The summed E-state index contributed by atoms with van der Waals surface area (Å²) in [5.74, 6) is -0.155. The van der Waals surface area contributed by atoms with Gasteiger partial charge < -0.3 is 29.0 Å². The molecule has 9 nitrogen and oxygen atoms in total. The molecule has 0 saturated carbocycles. The van der Waals surface area contributed by atoms with E-state index in [1.165, 1.54) is 40.7 Å². The van der Waals surface area contributed by atoms with E-state index in [4.69, 9.17) is 23.7 Å². The minimum atomic E-state index is -0.702. The fraction of sp³-hybridized carbons (Fsp3) is 0.174. The van der Waals surface area contributed by atoms with Gasteiger partial charge in [-0.05, 0) is 24.3 Å². The highest BCUT2D eigenvalue weighted by Crippen LogP contribution is 2.45. The van der Waals surface area contributed by atoms with Crippen LogP contribution in [0.25, 0.3) is 0 Å². The van der Waals surface area contributed by atoms with Crippen molar-refractivity contribution in [3.63, 3.8) is 0 Å². The molecule has 3 rings (SSSR count). The fourth-order valence-corrected chi connectivity index (χ4v) is 2.98. The summed E-state index contributed by atoms with van der Waals surface area (Å²) < 4.78 is 26.7. The van der Waals surface area contributed by atoms with E-state index < -0.39 is 11.9 Å². The quantitative estimate of drug-likeness (QED) is 0.527. The molecule has 0 bridgehead atoms. The maximum atomic E-state index is 13.2. The summed E-state index contributed by atoms with van der Waals surface area (Å²) in [6, 6.07) is 13.5. The van der Waals surface area contributed by atoms with Gasteiger partial charge in [0.15, 0.2) is 11.5 Å². The molecule has 0 saturated heterocycles. The van der Waals surface area contributed by atoms with Crippen LogP contribution in [0.4, 0.5) is 5.69 Å². The van der Waals surface area contributed by atoms with Crippen molar-refractivity contribution in [3.8, 4) is 28.9 Å². The molecule has 9 heteroatoms. The molecule has 0 atom stereocenters. The van der Waals surface area contributed by atoms with Crippen LogP contribution in [0.5, 0.6) is 28.9 Å². The third-order valence-corrected chi connectivity index (χ3v) is 4.45. The number of nitrogens with zero attached hydrogens (tertiary/aromatic N) is 1. The first-order valence-corrected chi connectivity index (χ1v) is 9.44. The molecule has 1 N–H and O–H groups in total. The summed E-state index contributed by atoms with van der Waals surface area (Å²) in [6.07, 6.45) is 1.51. The van der Waals surface area contributed by atoms with Crippen molar-refractivity contribution in [2.45, 2.75) is 0 Å². The van der Waals surface area contributed by atoms with Gasteiger partial charge in [-0.3, -0.25) is 4.79 Å². The highest BCUT2D eigenvalue weighted by Gasteiger charge is 2.27. The number of carbonyl (C=O) groups excluding carboxylic acids is 2. The second-order valence-corrected chi connectivity index (χ2v) is 6.28. The normalized spacial score (nSPS) is 10.1. The molecule has 2 aromatic carbocycles. The largest absolute Gasteiger partial charge is 0.493 e. The number of amides is 1. The minimum Gasteiger partial charge on any atom is -0.493 e. The summed E-state index contributed by atoms with van der Waals surface area (Å²) >= 11 is 0. The highest BCUT2D eigenvalue weighted by molar-refractivity contribution is 6.11. The number of hydrogen-bond acceptors (Lipinski definition) is 8. The third kappa shape index (κ3) is 4.56. The smallest absolute Gasteiger partial charge is 0.340 e. The van der Waals surface area contributed by atoms with Gasteiger partial charge in [-0.15, -0.1) is 0 Å². The second-order valence-electron chi connectivity index (χ2n) is 6.28. The predicted octanol–water partition coefficient (Wildman–Crippen LogP) is 3.94. The van der Waals surface area contributed by atoms with Crippen molar-refractivity contribution in [3.05, 3.63) is 65.9 Å². The molecule has 1 amide bonds. The van der Waals surface area contributed by atoms with E-state index in [1.807, 2.05) is 6.07 Å². The first-order valence-electron chi connectivity index (χ1n) is 9.44. The lowest BCUT2D eigenvalue weighted by atomic mass is 10.1. The Morgan fingerprint density at radius 1 is 0.844 bits per heavy atom. The highest BCUT2D eigenvalue weighted by atomic mass is 16.5. The Hall–Kier alpha value is -4.27. The van der Waals surface area contributed by atoms with Gasteiger partial charge in [0.25, 0.3) is 5.91 Å². The minimum absolute atomic E-state index is 0.0183. The van der Waals surface area contributed by atoms with Crippen molar-refractivity contribution in [2.75, 3.05) is 33.8 Å². The number of hydrogen-bond donors (Lipinski definition) is 1. The van der Waals surface area contributed by atoms with Crippen LogP contribution in [0.2, 0.25) is 0 Å². The average Bonchev–Trinajstić information content (AvgIpc) is 2.83. The summed E-state index contributed by atoms with van der Waals surface area (Å²) in [7, 11) is 5.43. The van der Waals surface area contributed by atoms with Crippen LogP contribution in [-0.4, -0.2) is 45.3 Å². The Balaban J connectivity index is 2.05. The number of pyridine rings is 1. The molecule has 0 fully saturated rings. The SMILES string of the molecule is COC(=O)c1cc(OC)c(OC)c(OC)c1NC(=O)c1cccnc1Oc1ccccc1. The van der Waals surface area contributed by atoms with Crippen molar-refractivity contribution in [1.29, 1.82) is 0 Å². The van der Waals surface area contributed by atoms with E-state index >= 15 is 0 Å². The Kier molecular flexibility index (Phi) is 7.12. The monoisotopic (exact) mass is 438 g/mol. The van der Waals surface area contributed by atoms with Crippen LogP contribution < -0.4 is 24.3 Å². The number of benzene rings is 2. The van der Waals surface area contributed by atoms with Gasteiger partial charge in [0.05, 0.1) is 34.0 Å². The zero-order valence-electron chi connectivity index (χ0n) is 18.0. The van der Waals surface area contributed by atoms with Crippen molar-refractivity contribution in [2.24, 2.45) is 0 Å². The fourth-order valence-electron chi connectivity index (χ4n) is 2.98. The zero-order chi connectivity index (χ0) is 23.1. The van der Waals surface area contributed by atoms with Crippen LogP contribution in [0.1, 0.15) is 20.7 Å². The first kappa shape index (κ1) is 22.4. The topological polar surface area (TPSA) is 105 Å². The van der Waals surface area contributed by atoms with Gasteiger partial charge in [-0.1, -0.05) is 18.2 Å². The molecule has 0 spiro atoms. The molecule has 0 unspecified atom stereocenters. The van der Waals surface area contributed by atoms with Gasteiger partial charge in [0.1, 0.15) is 17.0 Å². The average molecular weight is 438 g/mol. The van der Waals surface area contributed by atoms with Gasteiger partial charge in [-0.2, -0.15) is 0 Å². The number of anilines is 1. The van der Waals surface area contributed by atoms with Gasteiger partial charge in [-0.25, -0.2) is 9.78 Å². The van der Waals surface area contributed by atoms with E-state index in [2.05, 4.69) is 10.3 Å². The summed E-state index contributed by atoms with van der Waals surface area (Å²) in [5.41, 5.74) is 0.213. The number of esters is 1. The maximum Gasteiger partial charge on any atom is 0.340 e. The maximum absolute atomic E-state index is 13.2. The molecule has 0 aliphatic rings. The Morgan fingerprint density at radius 2 is 1.56 bits per heavy atom. The number of methoxy groups -OCH3 is 4. The number of aromatic nitrogens is 1. The second kappa shape index (κ2) is 10.2. The van der Waals surface area contributed by atoms with Crippen LogP contribution in [0.15, 0.2) is 54.7 Å². The summed E-state index contributed by atoms with van der Waals surface area (Å²) in [5, 5.41) is 2.69. The van der Waals surface area contributed by atoms with Crippen molar-refractivity contribution < 1.29 is 33.3 Å². The molecule has 32 heavy (non-hydrogen) atoms. The van der Waals surface area contributed by atoms with Gasteiger partial charge in [0.2, 0.25) is 11.6 Å². The number of carbonyl (C=O) groups is 2. The van der Waals surface area contributed by atoms with Crippen LogP contribution in [0.3, 0.4) is 0 Å². The first-order chi connectivity index (χ1) is 15.5.